The van der Waals surface area contributed by atoms with Crippen molar-refractivity contribution in [1.82, 2.24) is 19.2 Å². The molecule has 1 fully saturated rings. The Hall–Kier alpha value is -2.30. The van der Waals surface area contributed by atoms with Gasteiger partial charge in [-0.25, -0.2) is 17.8 Å². The summed E-state index contributed by atoms with van der Waals surface area (Å²) < 4.78 is 46.1. The van der Waals surface area contributed by atoms with Crippen LogP contribution in [0.15, 0.2) is 18.2 Å². The van der Waals surface area contributed by atoms with Gasteiger partial charge in [0.25, 0.3) is 0 Å². The first-order chi connectivity index (χ1) is 14.8. The highest BCUT2D eigenvalue weighted by atomic mass is 32.2. The van der Waals surface area contributed by atoms with Gasteiger partial charge in [0.2, 0.25) is 21.9 Å². The van der Waals surface area contributed by atoms with E-state index < -0.39 is 10.0 Å². The van der Waals surface area contributed by atoms with Gasteiger partial charge >= 0.3 is 0 Å². The van der Waals surface area contributed by atoms with Gasteiger partial charge in [0.15, 0.2) is 0 Å². The number of aryl methyl sites for hydroxylation is 1. The van der Waals surface area contributed by atoms with Gasteiger partial charge in [-0.3, -0.25) is 0 Å². The molecular formula is C21H28FN5O3S. The predicted octanol–water partition coefficient (Wildman–Crippen LogP) is 2.18. The molecule has 0 N–H and O–H groups in total. The molecule has 2 aromatic rings. The summed E-state index contributed by atoms with van der Waals surface area (Å²) in [7, 11) is -1.26. The van der Waals surface area contributed by atoms with Crippen LogP contribution < -0.4 is 9.64 Å². The zero-order chi connectivity index (χ0) is 22.2. The monoisotopic (exact) mass is 449 g/mol. The molecule has 8 nitrogen and oxygen atoms in total. The van der Waals surface area contributed by atoms with Gasteiger partial charge in [0, 0.05) is 45.7 Å². The number of hydrogen-bond acceptors (Lipinski definition) is 7. The zero-order valence-corrected chi connectivity index (χ0v) is 19.0. The van der Waals surface area contributed by atoms with Crippen LogP contribution in [0.3, 0.4) is 0 Å². The number of fused-ring (bicyclic) bond motifs is 1. The van der Waals surface area contributed by atoms with Gasteiger partial charge in [0.1, 0.15) is 11.6 Å². The van der Waals surface area contributed by atoms with Gasteiger partial charge in [-0.2, -0.15) is 9.29 Å². The molecule has 31 heavy (non-hydrogen) atoms. The van der Waals surface area contributed by atoms with Crippen molar-refractivity contribution in [2.24, 2.45) is 0 Å². The molecule has 3 heterocycles. The van der Waals surface area contributed by atoms with Crippen LogP contribution in [0.1, 0.15) is 23.7 Å². The third kappa shape index (κ3) is 4.65. The third-order valence-corrected chi connectivity index (χ3v) is 7.69. The number of aromatic nitrogens is 2. The fourth-order valence-corrected chi connectivity index (χ4v) is 4.85. The van der Waals surface area contributed by atoms with Gasteiger partial charge in [-0.15, -0.1) is 0 Å². The maximum atomic E-state index is 13.7. The van der Waals surface area contributed by atoms with Crippen molar-refractivity contribution >= 4 is 16.0 Å². The minimum Gasteiger partial charge on any atom is -0.438 e. The van der Waals surface area contributed by atoms with Crippen LogP contribution >= 0.6 is 0 Å². The number of anilines is 1. The molecule has 2 aliphatic rings. The molecule has 0 radical (unpaired) electrons. The summed E-state index contributed by atoms with van der Waals surface area (Å²) in [6.45, 7) is 7.30. The van der Waals surface area contributed by atoms with Gasteiger partial charge in [-0.1, -0.05) is 0 Å². The maximum Gasteiger partial charge on any atom is 0.228 e. The van der Waals surface area contributed by atoms with E-state index in [-0.39, 0.29) is 18.1 Å². The molecule has 0 unspecified atom stereocenters. The van der Waals surface area contributed by atoms with Crippen molar-refractivity contribution in [2.75, 3.05) is 50.4 Å². The number of hydrogen-bond donors (Lipinski definition) is 0. The number of nitrogens with zero attached hydrogens (tertiary/aromatic N) is 5. The standard InChI is InChI=1S/C21H28FN5O3S/c1-4-31(28,29)27-8-7-19-17(14-27)20(30-16-5-6-18(22)15(2)13-16)24-21(23-19)26-11-9-25(3)10-12-26/h5-6,13H,4,7-12,14H2,1-3H3. The number of likely N-dealkylation sites (N-methyl/N-ethyl adjacent to an activating group) is 1. The van der Waals surface area contributed by atoms with Crippen LogP contribution in [-0.4, -0.2) is 73.1 Å². The lowest BCUT2D eigenvalue weighted by Crippen LogP contribution is -2.45. The highest BCUT2D eigenvalue weighted by Crippen LogP contribution is 2.33. The molecule has 168 valence electrons. The van der Waals surface area contributed by atoms with E-state index in [9.17, 15) is 12.8 Å². The average molecular weight is 450 g/mol. The smallest absolute Gasteiger partial charge is 0.228 e. The van der Waals surface area contributed by atoms with Crippen LogP contribution in [0.4, 0.5) is 10.3 Å². The summed E-state index contributed by atoms with van der Waals surface area (Å²) in [5.74, 6) is 1.11. The molecule has 1 saturated heterocycles. The topological polar surface area (TPSA) is 78.9 Å². The SMILES string of the molecule is CCS(=O)(=O)N1CCc2nc(N3CCN(C)CC3)nc(Oc3ccc(F)c(C)c3)c2C1. The van der Waals surface area contributed by atoms with E-state index in [1.165, 1.54) is 10.4 Å². The summed E-state index contributed by atoms with van der Waals surface area (Å²) in [4.78, 5) is 13.8. The number of benzene rings is 1. The van der Waals surface area contributed by atoms with Crippen molar-refractivity contribution in [3.05, 3.63) is 40.8 Å². The molecule has 10 heteroatoms. The number of sulfonamides is 1. The third-order valence-electron chi connectivity index (χ3n) is 5.86. The first-order valence-corrected chi connectivity index (χ1v) is 12.1. The van der Waals surface area contributed by atoms with Crippen molar-refractivity contribution in [1.29, 1.82) is 0 Å². The van der Waals surface area contributed by atoms with Crippen LogP contribution in [0.2, 0.25) is 0 Å². The Labute approximate surface area is 182 Å². The molecule has 0 amide bonds. The summed E-state index contributed by atoms with van der Waals surface area (Å²) in [5, 5.41) is 0. The quantitative estimate of drug-likeness (QED) is 0.692. The second kappa shape index (κ2) is 8.68. The highest BCUT2D eigenvalue weighted by molar-refractivity contribution is 7.89. The Balaban J connectivity index is 1.72. The molecule has 1 aromatic carbocycles. The molecular weight excluding hydrogens is 421 g/mol. The highest BCUT2D eigenvalue weighted by Gasteiger charge is 2.31. The summed E-state index contributed by atoms with van der Waals surface area (Å²) >= 11 is 0. The Morgan fingerprint density at radius 1 is 1.13 bits per heavy atom. The van der Waals surface area contributed by atoms with E-state index in [2.05, 4.69) is 21.8 Å². The van der Waals surface area contributed by atoms with Crippen LogP contribution in [0.25, 0.3) is 0 Å². The summed E-state index contributed by atoms with van der Waals surface area (Å²) in [6.07, 6.45) is 0.497. The van der Waals surface area contributed by atoms with E-state index in [1.54, 1.807) is 26.0 Å². The Kier molecular flexibility index (Phi) is 6.14. The molecule has 2 aliphatic heterocycles. The average Bonchev–Trinajstić information content (AvgIpc) is 2.76. The van der Waals surface area contributed by atoms with Gasteiger partial charge < -0.3 is 14.5 Å². The zero-order valence-electron chi connectivity index (χ0n) is 18.1. The Morgan fingerprint density at radius 2 is 1.87 bits per heavy atom. The van der Waals surface area contributed by atoms with Crippen molar-refractivity contribution in [3.8, 4) is 11.6 Å². The van der Waals surface area contributed by atoms with E-state index in [0.29, 0.717) is 41.7 Å². The lowest BCUT2D eigenvalue weighted by molar-refractivity contribution is 0.310. The largest absolute Gasteiger partial charge is 0.438 e. The van der Waals surface area contributed by atoms with Crippen molar-refractivity contribution in [3.63, 3.8) is 0 Å². The van der Waals surface area contributed by atoms with E-state index in [1.807, 2.05) is 0 Å². The minimum atomic E-state index is -3.35. The first-order valence-electron chi connectivity index (χ1n) is 10.5. The van der Waals surface area contributed by atoms with E-state index >= 15 is 0 Å². The molecule has 0 bridgehead atoms. The fraction of sp³-hybridized carbons (Fsp3) is 0.524. The van der Waals surface area contributed by atoms with E-state index in [4.69, 9.17) is 9.72 Å². The molecule has 0 aliphatic carbocycles. The van der Waals surface area contributed by atoms with Crippen LogP contribution in [0, 0.1) is 12.7 Å². The van der Waals surface area contributed by atoms with Gasteiger partial charge in [-0.05, 0) is 44.7 Å². The molecule has 4 rings (SSSR count). The number of rotatable bonds is 5. The summed E-state index contributed by atoms with van der Waals surface area (Å²) in [6, 6.07) is 4.52. The Bertz CT molecular complexity index is 1070. The van der Waals surface area contributed by atoms with E-state index in [0.717, 1.165) is 31.9 Å². The van der Waals surface area contributed by atoms with Crippen LogP contribution in [-0.2, 0) is 23.0 Å². The molecule has 0 atom stereocenters. The van der Waals surface area contributed by atoms with Crippen LogP contribution in [0.5, 0.6) is 11.6 Å². The minimum absolute atomic E-state index is 0.0376. The fourth-order valence-electron chi connectivity index (χ4n) is 3.79. The second-order valence-corrected chi connectivity index (χ2v) is 10.3. The first kappa shape index (κ1) is 21.9. The predicted molar refractivity (Wildman–Crippen MR) is 117 cm³/mol. The lowest BCUT2D eigenvalue weighted by Gasteiger charge is -2.34. The normalized spacial score (nSPS) is 18.1. The second-order valence-electron chi connectivity index (χ2n) is 8.04. The number of halogens is 1. The lowest BCUT2D eigenvalue weighted by atomic mass is 10.1. The summed E-state index contributed by atoms with van der Waals surface area (Å²) in [5.41, 5.74) is 1.94. The number of ether oxygens (including phenoxy) is 1. The van der Waals surface area contributed by atoms with Crippen molar-refractivity contribution in [2.45, 2.75) is 26.8 Å². The van der Waals surface area contributed by atoms with Gasteiger partial charge in [0.05, 0.1) is 17.0 Å². The molecule has 1 aromatic heterocycles. The molecule has 0 saturated carbocycles. The maximum absolute atomic E-state index is 13.7. The Morgan fingerprint density at radius 3 is 2.55 bits per heavy atom. The molecule has 0 spiro atoms. The van der Waals surface area contributed by atoms with Crippen molar-refractivity contribution < 1.29 is 17.5 Å². The number of piperazine rings is 1.